The second-order valence-corrected chi connectivity index (χ2v) is 11.7. The molecule has 218 valence electrons. The van der Waals surface area contributed by atoms with E-state index >= 15 is 0 Å². The minimum absolute atomic E-state index is 0.106. The SMILES string of the molecule is COc1ccc2c(c1OC)C(=O)N1c3ccccc3C(=O)N(CCCC(=O)N(C)C[C@@H]3CCCN4CCCC[C@H]34)[C@@H]21. The maximum atomic E-state index is 13.8. The summed E-state index contributed by atoms with van der Waals surface area (Å²) in [5.41, 5.74) is 2.18. The van der Waals surface area contributed by atoms with E-state index in [2.05, 4.69) is 4.90 Å². The maximum Gasteiger partial charge on any atom is 0.264 e. The standard InChI is InChI=1S/C32H40N4O5/c1-33(20-21-10-8-18-34-17-7-6-12-24(21)34)27(37)14-9-19-35-30-23-15-16-26(40-2)29(41-3)28(23)32(39)36(30)25-13-5-4-11-22(25)31(35)38/h4-5,11,13,15-16,21,24,30H,6-10,12,14,17-20H2,1-3H3/t21-,24+,30+/m0/s1. The van der Waals surface area contributed by atoms with Gasteiger partial charge in [-0.15, -0.1) is 0 Å². The predicted octanol–water partition coefficient (Wildman–Crippen LogP) is 4.32. The Morgan fingerprint density at radius 3 is 2.59 bits per heavy atom. The molecular formula is C32H40N4O5. The van der Waals surface area contributed by atoms with Crippen LogP contribution in [-0.4, -0.2) is 85.9 Å². The topological polar surface area (TPSA) is 82.6 Å². The van der Waals surface area contributed by atoms with Gasteiger partial charge in [0.05, 0.1) is 31.0 Å². The van der Waals surface area contributed by atoms with Gasteiger partial charge in [0.15, 0.2) is 11.5 Å². The molecule has 9 heteroatoms. The first kappa shape index (κ1) is 27.6. The fourth-order valence-electron chi connectivity index (χ4n) is 7.49. The molecule has 9 nitrogen and oxygen atoms in total. The summed E-state index contributed by atoms with van der Waals surface area (Å²) in [5.74, 6) is 1.09. The van der Waals surface area contributed by atoms with Crippen molar-refractivity contribution in [3.63, 3.8) is 0 Å². The molecule has 0 N–H and O–H groups in total. The van der Waals surface area contributed by atoms with Crippen LogP contribution in [0.5, 0.6) is 11.5 Å². The van der Waals surface area contributed by atoms with E-state index in [1.165, 1.54) is 59.4 Å². The molecule has 3 amide bonds. The number of rotatable bonds is 8. The highest BCUT2D eigenvalue weighted by atomic mass is 16.5. The van der Waals surface area contributed by atoms with Crippen LogP contribution in [0, 0.1) is 5.92 Å². The number of anilines is 1. The Balaban J connectivity index is 1.19. The number of fused-ring (bicyclic) bond motifs is 6. The lowest BCUT2D eigenvalue weighted by Gasteiger charge is -2.45. The number of nitrogens with zero attached hydrogens (tertiary/aromatic N) is 4. The van der Waals surface area contributed by atoms with Gasteiger partial charge in [-0.25, -0.2) is 0 Å². The van der Waals surface area contributed by atoms with Gasteiger partial charge in [-0.3, -0.25) is 19.3 Å². The number of ether oxygens (including phenoxy) is 2. The molecule has 0 unspecified atom stereocenters. The minimum Gasteiger partial charge on any atom is -0.493 e. The van der Waals surface area contributed by atoms with Gasteiger partial charge in [-0.1, -0.05) is 24.6 Å². The van der Waals surface area contributed by atoms with Crippen molar-refractivity contribution in [2.75, 3.05) is 52.3 Å². The zero-order valence-corrected chi connectivity index (χ0v) is 24.3. The van der Waals surface area contributed by atoms with Crippen molar-refractivity contribution in [2.24, 2.45) is 5.92 Å². The van der Waals surface area contributed by atoms with Gasteiger partial charge < -0.3 is 24.2 Å². The molecule has 2 fully saturated rings. The van der Waals surface area contributed by atoms with Gasteiger partial charge in [0.2, 0.25) is 5.91 Å². The van der Waals surface area contributed by atoms with Crippen LogP contribution in [0.1, 0.15) is 77.4 Å². The number of methoxy groups -OCH3 is 2. The molecule has 0 saturated carbocycles. The maximum absolute atomic E-state index is 13.8. The molecule has 4 heterocycles. The van der Waals surface area contributed by atoms with E-state index in [0.717, 1.165) is 6.54 Å². The quantitative estimate of drug-likeness (QED) is 0.478. The Morgan fingerprint density at radius 2 is 1.78 bits per heavy atom. The Morgan fingerprint density at radius 1 is 0.976 bits per heavy atom. The molecule has 4 aliphatic heterocycles. The molecule has 4 aliphatic rings. The lowest BCUT2D eigenvalue weighted by atomic mass is 9.83. The number of benzene rings is 2. The van der Waals surface area contributed by atoms with Crippen molar-refractivity contribution in [3.05, 3.63) is 53.1 Å². The monoisotopic (exact) mass is 560 g/mol. The first-order chi connectivity index (χ1) is 19.9. The van der Waals surface area contributed by atoms with Gasteiger partial charge in [-0.2, -0.15) is 0 Å². The molecule has 6 rings (SSSR count). The third-order valence-electron chi connectivity index (χ3n) is 9.44. The largest absolute Gasteiger partial charge is 0.493 e. The minimum atomic E-state index is -0.605. The summed E-state index contributed by atoms with van der Waals surface area (Å²) < 4.78 is 11.1. The summed E-state index contributed by atoms with van der Waals surface area (Å²) >= 11 is 0. The Hall–Kier alpha value is -3.59. The third kappa shape index (κ3) is 4.74. The number of piperidine rings is 2. The Labute approximate surface area is 242 Å². The number of hydrogen-bond donors (Lipinski definition) is 0. The summed E-state index contributed by atoms with van der Waals surface area (Å²) in [6.07, 6.45) is 6.45. The second-order valence-electron chi connectivity index (χ2n) is 11.7. The highest BCUT2D eigenvalue weighted by Gasteiger charge is 2.49. The van der Waals surface area contributed by atoms with Crippen molar-refractivity contribution >= 4 is 23.4 Å². The van der Waals surface area contributed by atoms with E-state index < -0.39 is 6.17 Å². The van der Waals surface area contributed by atoms with Crippen LogP contribution in [-0.2, 0) is 4.79 Å². The van der Waals surface area contributed by atoms with Crippen LogP contribution in [0.4, 0.5) is 5.69 Å². The first-order valence-corrected chi connectivity index (χ1v) is 14.9. The summed E-state index contributed by atoms with van der Waals surface area (Å²) in [4.78, 5) is 48.8. The van der Waals surface area contributed by atoms with E-state index in [1.54, 1.807) is 21.9 Å². The fourth-order valence-corrected chi connectivity index (χ4v) is 7.49. The number of amides is 3. The van der Waals surface area contributed by atoms with Gasteiger partial charge >= 0.3 is 0 Å². The molecule has 0 radical (unpaired) electrons. The summed E-state index contributed by atoms with van der Waals surface area (Å²) in [6.45, 7) is 3.52. The van der Waals surface area contributed by atoms with Gasteiger partial charge in [-0.05, 0) is 69.3 Å². The van der Waals surface area contributed by atoms with Gasteiger partial charge in [0.25, 0.3) is 11.8 Å². The van der Waals surface area contributed by atoms with Crippen LogP contribution in [0.2, 0.25) is 0 Å². The molecule has 2 aromatic rings. The van der Waals surface area contributed by atoms with Crippen molar-refractivity contribution in [1.82, 2.24) is 14.7 Å². The molecule has 0 aromatic heterocycles. The number of carbonyl (C=O) groups is 3. The van der Waals surface area contributed by atoms with Crippen molar-refractivity contribution in [3.8, 4) is 11.5 Å². The van der Waals surface area contributed by atoms with Crippen LogP contribution >= 0.6 is 0 Å². The van der Waals surface area contributed by atoms with Crippen molar-refractivity contribution < 1.29 is 23.9 Å². The first-order valence-electron chi connectivity index (χ1n) is 14.9. The Kier molecular flexibility index (Phi) is 7.64. The summed E-state index contributed by atoms with van der Waals surface area (Å²) in [6, 6.07) is 11.4. The molecule has 0 bridgehead atoms. The molecule has 3 atom stereocenters. The van der Waals surface area contributed by atoms with Crippen LogP contribution < -0.4 is 14.4 Å². The zero-order chi connectivity index (χ0) is 28.7. The van der Waals surface area contributed by atoms with Crippen molar-refractivity contribution in [1.29, 1.82) is 0 Å². The van der Waals surface area contributed by atoms with Gasteiger partial charge in [0, 0.05) is 38.2 Å². The lowest BCUT2D eigenvalue weighted by molar-refractivity contribution is -0.131. The van der Waals surface area contributed by atoms with Crippen LogP contribution in [0.25, 0.3) is 0 Å². The van der Waals surface area contributed by atoms with Crippen molar-refractivity contribution in [2.45, 2.75) is 57.2 Å². The normalized spacial score (nSPS) is 23.4. The van der Waals surface area contributed by atoms with E-state index in [4.69, 9.17) is 9.47 Å². The smallest absolute Gasteiger partial charge is 0.264 e. The highest BCUT2D eigenvalue weighted by Crippen LogP contribution is 2.49. The molecular weight excluding hydrogens is 520 g/mol. The molecule has 2 aromatic carbocycles. The van der Waals surface area contributed by atoms with Crippen LogP contribution in [0.15, 0.2) is 36.4 Å². The summed E-state index contributed by atoms with van der Waals surface area (Å²) in [5, 5.41) is 0. The number of carbonyl (C=O) groups excluding carboxylic acids is 3. The zero-order valence-electron chi connectivity index (χ0n) is 24.3. The fraction of sp³-hybridized carbons (Fsp3) is 0.531. The average Bonchev–Trinajstić information content (AvgIpc) is 3.30. The number of hydrogen-bond acceptors (Lipinski definition) is 6. The highest BCUT2D eigenvalue weighted by molar-refractivity contribution is 6.18. The predicted molar refractivity (Wildman–Crippen MR) is 155 cm³/mol. The van der Waals surface area contributed by atoms with E-state index in [0.29, 0.717) is 65.2 Å². The van der Waals surface area contributed by atoms with E-state index in [1.807, 2.05) is 36.2 Å². The number of para-hydroxylation sites is 1. The van der Waals surface area contributed by atoms with Gasteiger partial charge in [0.1, 0.15) is 6.17 Å². The molecule has 0 aliphatic carbocycles. The molecule has 2 saturated heterocycles. The summed E-state index contributed by atoms with van der Waals surface area (Å²) in [7, 11) is 4.97. The van der Waals surface area contributed by atoms with E-state index in [9.17, 15) is 14.4 Å². The Bertz CT molecular complexity index is 1340. The molecule has 0 spiro atoms. The third-order valence-corrected chi connectivity index (χ3v) is 9.44. The average molecular weight is 561 g/mol. The lowest BCUT2D eigenvalue weighted by Crippen LogP contribution is -2.51. The second kappa shape index (κ2) is 11.4. The molecule has 41 heavy (non-hydrogen) atoms. The van der Waals surface area contributed by atoms with Crippen LogP contribution in [0.3, 0.4) is 0 Å². The van der Waals surface area contributed by atoms with E-state index in [-0.39, 0.29) is 17.7 Å².